The fourth-order valence-electron chi connectivity index (χ4n) is 7.24. The minimum Gasteiger partial charge on any atom is -0.318 e. The molecule has 1 atom stereocenters. The van der Waals surface area contributed by atoms with Crippen molar-refractivity contribution in [3.05, 3.63) is 155 Å². The molecule has 224 valence electrons. The molecule has 0 bridgehead atoms. The van der Waals surface area contributed by atoms with Crippen LogP contribution in [-0.4, -0.2) is 15.7 Å². The monoisotopic (exact) mass is 588 g/mol. The van der Waals surface area contributed by atoms with Gasteiger partial charge in [0.15, 0.2) is 0 Å². The minimum atomic E-state index is 0.345. The molecule has 2 aliphatic heterocycles. The van der Waals surface area contributed by atoms with Crippen LogP contribution in [0.3, 0.4) is 0 Å². The van der Waals surface area contributed by atoms with Crippen LogP contribution in [-0.2, 0) is 6.42 Å². The van der Waals surface area contributed by atoms with Gasteiger partial charge in [0, 0.05) is 35.8 Å². The molecule has 6 aromatic rings. The van der Waals surface area contributed by atoms with Crippen LogP contribution >= 0.6 is 0 Å². The van der Waals surface area contributed by atoms with Crippen LogP contribution in [0.15, 0.2) is 128 Å². The van der Waals surface area contributed by atoms with Crippen molar-refractivity contribution in [2.75, 3.05) is 9.80 Å². The average molecular weight is 589 g/mol. The number of aromatic nitrogens is 2. The number of benzene rings is 5. The van der Waals surface area contributed by atoms with Gasteiger partial charge in [-0.05, 0) is 79.3 Å². The van der Waals surface area contributed by atoms with E-state index in [0.29, 0.717) is 12.1 Å². The highest BCUT2D eigenvalue weighted by molar-refractivity contribution is 5.90. The van der Waals surface area contributed by atoms with Crippen molar-refractivity contribution in [3.8, 4) is 17.1 Å². The molecular weight excluding hydrogens is 548 g/mol. The first kappa shape index (κ1) is 28.7. The summed E-state index contributed by atoms with van der Waals surface area (Å²) in [5.41, 5.74) is 14.3. The van der Waals surface area contributed by atoms with Gasteiger partial charge in [-0.2, -0.15) is 0 Å². The second kappa shape index (κ2) is 11.8. The maximum absolute atomic E-state index is 4.67. The smallest absolute Gasteiger partial charge is 0.144 e. The van der Waals surface area contributed by atoms with E-state index in [1.165, 1.54) is 61.8 Å². The molecule has 0 fully saturated rings. The lowest BCUT2D eigenvalue weighted by molar-refractivity contribution is 0.729. The van der Waals surface area contributed by atoms with Crippen molar-refractivity contribution in [2.45, 2.75) is 53.1 Å². The molecule has 3 heterocycles. The van der Waals surface area contributed by atoms with Crippen molar-refractivity contribution in [3.63, 3.8) is 0 Å². The van der Waals surface area contributed by atoms with E-state index in [4.69, 9.17) is 0 Å². The summed E-state index contributed by atoms with van der Waals surface area (Å²) in [6.45, 7) is 11.0. The van der Waals surface area contributed by atoms with Gasteiger partial charge in [0.25, 0.3) is 0 Å². The van der Waals surface area contributed by atoms with Crippen LogP contribution in [0, 0.1) is 20.8 Å². The number of fused-ring (bicyclic) bond motifs is 5. The van der Waals surface area contributed by atoms with E-state index in [1.54, 1.807) is 0 Å². The Kier molecular flexibility index (Phi) is 7.50. The van der Waals surface area contributed by atoms with Crippen LogP contribution in [0.1, 0.15) is 47.6 Å². The molecule has 45 heavy (non-hydrogen) atoms. The predicted octanol–water partition coefficient (Wildman–Crippen LogP) is 10.4. The highest BCUT2D eigenvalue weighted by atomic mass is 15.4. The van der Waals surface area contributed by atoms with Gasteiger partial charge in [-0.25, -0.2) is 4.98 Å². The van der Waals surface area contributed by atoms with Gasteiger partial charge in [-0.15, -0.1) is 0 Å². The zero-order chi connectivity index (χ0) is 31.1. The second-order valence-corrected chi connectivity index (χ2v) is 12.5. The van der Waals surface area contributed by atoms with Gasteiger partial charge in [0.05, 0.1) is 17.1 Å². The Hall–Kier alpha value is -5.09. The summed E-state index contributed by atoms with van der Waals surface area (Å²) in [5.74, 6) is 1.49. The number of rotatable bonds is 4. The first-order valence-electron chi connectivity index (χ1n) is 15.9. The Morgan fingerprint density at radius 1 is 0.667 bits per heavy atom. The van der Waals surface area contributed by atoms with Crippen molar-refractivity contribution >= 4 is 22.7 Å². The summed E-state index contributed by atoms with van der Waals surface area (Å²) in [5, 5.41) is 0. The van der Waals surface area contributed by atoms with E-state index in [9.17, 15) is 0 Å². The molecule has 4 heteroatoms. The normalized spacial score (nSPS) is 14.6. The van der Waals surface area contributed by atoms with E-state index in [2.05, 4.69) is 175 Å². The van der Waals surface area contributed by atoms with Crippen LogP contribution in [0.25, 0.3) is 17.1 Å². The summed E-state index contributed by atoms with van der Waals surface area (Å²) in [6, 6.07) is 41.2. The number of imidazole rings is 1. The summed E-state index contributed by atoms with van der Waals surface area (Å²) in [7, 11) is 0. The standard InChI is InChI=1S/C21H24N2.C20H16N2/c1-14(2)18-8-6-7-9-19(18)21-22-10-11-23(21)20-16(4)12-15(3)13-17(20)5;1-2-9-16(10-3-1)21-18-12-6-7-13-19(18)22-17-11-5-4-8-15(17)14-20(21)22/h6-14H,1-5H3;1-13,20H,14H2/t;20-/m.0/s1. The molecule has 0 N–H and O–H groups in total. The molecule has 0 amide bonds. The summed E-state index contributed by atoms with van der Waals surface area (Å²) in [6.07, 6.45) is 5.36. The highest BCUT2D eigenvalue weighted by Crippen LogP contribution is 2.52. The first-order chi connectivity index (χ1) is 21.9. The van der Waals surface area contributed by atoms with Gasteiger partial charge < -0.3 is 9.80 Å². The number of aryl methyl sites for hydroxylation is 3. The third-order valence-electron chi connectivity index (χ3n) is 9.03. The fraction of sp³-hybridized carbons (Fsp3) is 0.195. The second-order valence-electron chi connectivity index (χ2n) is 12.5. The maximum atomic E-state index is 4.67. The van der Waals surface area contributed by atoms with E-state index in [1.807, 2.05) is 6.20 Å². The Bertz CT molecular complexity index is 1930. The lowest BCUT2D eigenvalue weighted by Gasteiger charge is -2.27. The van der Waals surface area contributed by atoms with E-state index >= 15 is 0 Å². The third kappa shape index (κ3) is 5.10. The zero-order valence-electron chi connectivity index (χ0n) is 26.8. The molecule has 0 unspecified atom stereocenters. The Morgan fingerprint density at radius 3 is 1.98 bits per heavy atom. The van der Waals surface area contributed by atoms with E-state index < -0.39 is 0 Å². The van der Waals surface area contributed by atoms with Gasteiger partial charge in [0.1, 0.15) is 12.0 Å². The Balaban J connectivity index is 0.000000145. The molecule has 4 nitrogen and oxygen atoms in total. The zero-order valence-corrected chi connectivity index (χ0v) is 26.8. The van der Waals surface area contributed by atoms with Gasteiger partial charge in [-0.3, -0.25) is 4.57 Å². The Morgan fingerprint density at radius 2 is 1.27 bits per heavy atom. The van der Waals surface area contributed by atoms with Crippen LogP contribution < -0.4 is 9.80 Å². The average Bonchev–Trinajstić information content (AvgIpc) is 3.75. The van der Waals surface area contributed by atoms with Gasteiger partial charge in [-0.1, -0.05) is 104 Å². The SMILES string of the molecule is Cc1cc(C)c(-n2ccnc2-c2ccccc2C(C)C)c(C)c1.c1ccc(N2c3ccccc3N3c4ccccc4C[C@@H]23)cc1. The first-order valence-corrected chi connectivity index (χ1v) is 15.9. The van der Waals surface area contributed by atoms with Crippen molar-refractivity contribution in [1.82, 2.24) is 9.55 Å². The maximum Gasteiger partial charge on any atom is 0.144 e. The predicted molar refractivity (Wildman–Crippen MR) is 188 cm³/mol. The third-order valence-corrected chi connectivity index (χ3v) is 9.03. The topological polar surface area (TPSA) is 24.3 Å². The summed E-state index contributed by atoms with van der Waals surface area (Å²) < 4.78 is 2.23. The number of hydrogen-bond acceptors (Lipinski definition) is 3. The minimum absolute atomic E-state index is 0.345. The van der Waals surface area contributed by atoms with Crippen molar-refractivity contribution in [1.29, 1.82) is 0 Å². The molecule has 0 radical (unpaired) electrons. The van der Waals surface area contributed by atoms with E-state index in [0.717, 1.165) is 12.2 Å². The summed E-state index contributed by atoms with van der Waals surface area (Å²) >= 11 is 0. The molecule has 8 rings (SSSR count). The molecule has 2 aliphatic rings. The lowest BCUT2D eigenvalue weighted by atomic mass is 9.96. The molecule has 0 saturated heterocycles. The molecule has 0 aliphatic carbocycles. The van der Waals surface area contributed by atoms with Gasteiger partial charge in [0.2, 0.25) is 0 Å². The molecule has 0 spiro atoms. The number of anilines is 4. The van der Waals surface area contributed by atoms with Crippen molar-refractivity contribution < 1.29 is 0 Å². The van der Waals surface area contributed by atoms with Gasteiger partial charge >= 0.3 is 0 Å². The molecular formula is C41H40N4. The summed E-state index contributed by atoms with van der Waals surface area (Å²) in [4.78, 5) is 9.62. The molecule has 5 aromatic carbocycles. The van der Waals surface area contributed by atoms with E-state index in [-0.39, 0.29) is 0 Å². The highest BCUT2D eigenvalue weighted by Gasteiger charge is 2.42. The van der Waals surface area contributed by atoms with Crippen LogP contribution in [0.5, 0.6) is 0 Å². The van der Waals surface area contributed by atoms with Crippen molar-refractivity contribution in [2.24, 2.45) is 0 Å². The number of para-hydroxylation sites is 4. The quantitative estimate of drug-likeness (QED) is 0.205. The lowest BCUT2D eigenvalue weighted by Crippen LogP contribution is -2.35. The van der Waals surface area contributed by atoms with Crippen LogP contribution in [0.4, 0.5) is 22.7 Å². The molecule has 0 saturated carbocycles. The fourth-order valence-corrected chi connectivity index (χ4v) is 7.24. The Labute approximate surface area is 267 Å². The number of hydrogen-bond donors (Lipinski definition) is 0. The number of nitrogens with zero attached hydrogens (tertiary/aromatic N) is 4. The largest absolute Gasteiger partial charge is 0.318 e. The van der Waals surface area contributed by atoms with Crippen LogP contribution in [0.2, 0.25) is 0 Å². The molecule has 1 aromatic heterocycles.